The summed E-state index contributed by atoms with van der Waals surface area (Å²) in [7, 11) is 0. The highest BCUT2D eigenvalue weighted by Gasteiger charge is 2.29. The van der Waals surface area contributed by atoms with E-state index in [1.54, 1.807) is 28.9 Å². The van der Waals surface area contributed by atoms with Crippen molar-refractivity contribution in [2.75, 3.05) is 0 Å². The molecule has 1 unspecified atom stereocenters. The first kappa shape index (κ1) is 26.5. The highest BCUT2D eigenvalue weighted by molar-refractivity contribution is 6.35. The molecule has 0 radical (unpaired) electrons. The number of allylic oxidation sites excluding steroid dienone is 4. The lowest BCUT2D eigenvalue weighted by molar-refractivity contribution is 0.0925. The van der Waals surface area contributed by atoms with Crippen molar-refractivity contribution >= 4 is 40.8 Å². The van der Waals surface area contributed by atoms with Crippen LogP contribution < -0.4 is 5.32 Å². The summed E-state index contributed by atoms with van der Waals surface area (Å²) in [5.74, 6) is -0.241. The van der Waals surface area contributed by atoms with E-state index in [1.807, 2.05) is 25.1 Å². The molecule has 1 aromatic heterocycles. The highest BCUT2D eigenvalue weighted by Crippen LogP contribution is 2.36. The van der Waals surface area contributed by atoms with Crippen molar-refractivity contribution < 1.29 is 9.18 Å². The number of nitrogens with one attached hydrogen (secondary N) is 1. The predicted molar refractivity (Wildman–Crippen MR) is 153 cm³/mol. The Labute approximate surface area is 232 Å². The molecule has 196 valence electrons. The van der Waals surface area contributed by atoms with Crippen molar-refractivity contribution in [3.05, 3.63) is 105 Å². The topological polar surface area (TPSA) is 46.9 Å². The van der Waals surface area contributed by atoms with Gasteiger partial charge in [0.2, 0.25) is 0 Å². The van der Waals surface area contributed by atoms with Crippen molar-refractivity contribution in [2.45, 2.75) is 51.5 Å². The Hall–Kier alpha value is -3.15. The van der Waals surface area contributed by atoms with Gasteiger partial charge in [0.05, 0.1) is 16.4 Å². The van der Waals surface area contributed by atoms with Gasteiger partial charge >= 0.3 is 0 Å². The van der Waals surface area contributed by atoms with Crippen molar-refractivity contribution in [3.63, 3.8) is 0 Å². The lowest BCUT2D eigenvalue weighted by atomic mass is 9.91. The number of hydrogen-bond donors (Lipinski definition) is 1. The minimum Gasteiger partial charge on any atom is -0.348 e. The zero-order valence-electron chi connectivity index (χ0n) is 21.3. The first-order valence-corrected chi connectivity index (χ1v) is 13.8. The molecular weight excluding hydrogens is 520 g/mol. The van der Waals surface area contributed by atoms with E-state index in [9.17, 15) is 9.18 Å². The van der Waals surface area contributed by atoms with Crippen LogP contribution in [0.3, 0.4) is 0 Å². The Morgan fingerprint density at radius 1 is 1.11 bits per heavy atom. The summed E-state index contributed by atoms with van der Waals surface area (Å²) >= 11 is 12.9. The summed E-state index contributed by atoms with van der Waals surface area (Å²) in [4.78, 5) is 13.7. The van der Waals surface area contributed by atoms with Gasteiger partial charge in [-0.2, -0.15) is 5.10 Å². The average Bonchev–Trinajstić information content (AvgIpc) is 3.26. The lowest BCUT2D eigenvalue weighted by Crippen LogP contribution is -2.38. The summed E-state index contributed by atoms with van der Waals surface area (Å²) in [6.07, 6.45) is 15.8. The van der Waals surface area contributed by atoms with Gasteiger partial charge in [-0.3, -0.25) is 4.79 Å². The molecule has 0 saturated heterocycles. The molecule has 0 saturated carbocycles. The van der Waals surface area contributed by atoms with Crippen molar-refractivity contribution in [1.82, 2.24) is 15.1 Å². The molecule has 4 nitrogen and oxygen atoms in total. The van der Waals surface area contributed by atoms with Gasteiger partial charge in [-0.25, -0.2) is 9.07 Å². The summed E-state index contributed by atoms with van der Waals surface area (Å²) < 4.78 is 15.4. The molecule has 2 aliphatic carbocycles. The number of aromatic nitrogens is 2. The van der Waals surface area contributed by atoms with E-state index in [0.717, 1.165) is 60.9 Å². The van der Waals surface area contributed by atoms with Crippen LogP contribution in [0.1, 0.15) is 66.3 Å². The van der Waals surface area contributed by atoms with Crippen molar-refractivity contribution in [3.8, 4) is 5.69 Å². The van der Waals surface area contributed by atoms with E-state index in [2.05, 4.69) is 23.5 Å². The van der Waals surface area contributed by atoms with Crippen LogP contribution in [0.2, 0.25) is 10.0 Å². The van der Waals surface area contributed by atoms with Gasteiger partial charge in [0, 0.05) is 22.5 Å². The minimum atomic E-state index is -0.278. The van der Waals surface area contributed by atoms with Gasteiger partial charge in [0.25, 0.3) is 5.91 Å². The quantitative estimate of drug-likeness (QED) is 0.348. The van der Waals surface area contributed by atoms with Crippen LogP contribution in [0.5, 0.6) is 0 Å². The van der Waals surface area contributed by atoms with Crippen molar-refractivity contribution in [1.29, 1.82) is 0 Å². The minimum absolute atomic E-state index is 0.0496. The Morgan fingerprint density at radius 3 is 2.63 bits per heavy atom. The molecule has 2 aliphatic rings. The smallest absolute Gasteiger partial charge is 0.272 e. The lowest BCUT2D eigenvalue weighted by Gasteiger charge is -2.22. The standard InChI is InChI=1S/C31H30Cl2FN3O/c1-20(22-8-4-2-5-9-22)35-31(38)29-26-11-7-3-6-10-23(18-21-12-15-25(34)16-13-21)30(26)37(36-29)28-17-14-24(32)19-27(28)33/h2,4-5,8,12-20,22H,3,6-7,9-11H2,1H3,(H,35,38)/b23-18+/t20-,22?/m1/s1. The number of halogens is 3. The largest absolute Gasteiger partial charge is 0.348 e. The molecule has 2 atom stereocenters. The maximum absolute atomic E-state index is 13.7. The number of carbonyl (C=O) groups is 1. The van der Waals surface area contributed by atoms with E-state index in [4.69, 9.17) is 28.3 Å². The third-order valence-corrected chi connectivity index (χ3v) is 7.78. The van der Waals surface area contributed by atoms with Gasteiger partial charge in [-0.05, 0) is 86.6 Å². The molecule has 38 heavy (non-hydrogen) atoms. The zero-order valence-corrected chi connectivity index (χ0v) is 22.8. The van der Waals surface area contributed by atoms with Gasteiger partial charge in [-0.15, -0.1) is 0 Å². The van der Waals surface area contributed by atoms with E-state index < -0.39 is 0 Å². The Bertz CT molecular complexity index is 1420. The normalized spacial score (nSPS) is 19.1. The second kappa shape index (κ2) is 11.7. The van der Waals surface area contributed by atoms with Crippen LogP contribution in [-0.4, -0.2) is 21.7 Å². The first-order chi connectivity index (χ1) is 18.4. The molecule has 0 bridgehead atoms. The van der Waals surface area contributed by atoms with Crippen LogP contribution in [0, 0.1) is 11.7 Å². The van der Waals surface area contributed by atoms with Gasteiger partial charge < -0.3 is 5.32 Å². The van der Waals surface area contributed by atoms with E-state index in [1.165, 1.54) is 12.1 Å². The summed E-state index contributed by atoms with van der Waals surface area (Å²) in [5.41, 5.74) is 4.78. The van der Waals surface area contributed by atoms with Gasteiger partial charge in [0.1, 0.15) is 5.82 Å². The maximum atomic E-state index is 13.7. The van der Waals surface area contributed by atoms with Crippen LogP contribution in [0.15, 0.2) is 66.8 Å². The summed E-state index contributed by atoms with van der Waals surface area (Å²) in [6, 6.07) is 11.7. The second-order valence-electron chi connectivity index (χ2n) is 9.94. The molecule has 5 rings (SSSR count). The average molecular weight is 551 g/mol. The van der Waals surface area contributed by atoms with Crippen LogP contribution in [0.4, 0.5) is 4.39 Å². The Morgan fingerprint density at radius 2 is 1.89 bits per heavy atom. The fourth-order valence-corrected chi connectivity index (χ4v) is 5.68. The number of rotatable bonds is 5. The molecule has 2 aromatic carbocycles. The number of amides is 1. The van der Waals surface area contributed by atoms with Crippen LogP contribution >= 0.6 is 23.2 Å². The van der Waals surface area contributed by atoms with Crippen LogP contribution in [-0.2, 0) is 6.42 Å². The van der Waals surface area contributed by atoms with E-state index >= 15 is 0 Å². The Kier molecular flexibility index (Phi) is 8.15. The molecular formula is C31H30Cl2FN3O. The molecule has 1 heterocycles. The Balaban J connectivity index is 1.63. The molecule has 7 heteroatoms. The summed E-state index contributed by atoms with van der Waals surface area (Å²) in [6.45, 7) is 2.03. The van der Waals surface area contributed by atoms with Crippen LogP contribution in [0.25, 0.3) is 17.3 Å². The number of carbonyl (C=O) groups excluding carboxylic acids is 1. The van der Waals surface area contributed by atoms with E-state index in [-0.39, 0.29) is 23.7 Å². The predicted octanol–water partition coefficient (Wildman–Crippen LogP) is 8.23. The SMILES string of the molecule is C[C@@H](NC(=O)c1nn(-c2ccc(Cl)cc2Cl)c2c1CCCCC/C2=C\c1ccc(F)cc1)C1C=CC=CC1. The molecule has 1 N–H and O–H groups in total. The third kappa shape index (κ3) is 5.79. The zero-order chi connectivity index (χ0) is 26.6. The van der Waals surface area contributed by atoms with Gasteiger partial charge in [-0.1, -0.05) is 66.1 Å². The fourth-order valence-electron chi connectivity index (χ4n) is 5.19. The fraction of sp³-hybridized carbons (Fsp3) is 0.290. The third-order valence-electron chi connectivity index (χ3n) is 7.24. The second-order valence-corrected chi connectivity index (χ2v) is 10.8. The van der Waals surface area contributed by atoms with Crippen molar-refractivity contribution in [2.24, 2.45) is 5.92 Å². The number of nitrogens with zero attached hydrogens (tertiary/aromatic N) is 2. The number of benzene rings is 2. The molecule has 3 aromatic rings. The van der Waals surface area contributed by atoms with Gasteiger partial charge in [0.15, 0.2) is 5.69 Å². The molecule has 0 fully saturated rings. The first-order valence-electron chi connectivity index (χ1n) is 13.1. The molecule has 1 amide bonds. The maximum Gasteiger partial charge on any atom is 0.272 e. The summed E-state index contributed by atoms with van der Waals surface area (Å²) in [5, 5.41) is 9.06. The number of fused-ring (bicyclic) bond motifs is 1. The highest BCUT2D eigenvalue weighted by atomic mass is 35.5. The molecule has 0 spiro atoms. The monoisotopic (exact) mass is 549 g/mol. The van der Waals surface area contributed by atoms with E-state index in [0.29, 0.717) is 21.4 Å². The number of hydrogen-bond acceptors (Lipinski definition) is 2. The molecule has 0 aliphatic heterocycles.